The van der Waals surface area contributed by atoms with Crippen LogP contribution in [0.2, 0.25) is 0 Å². The molecule has 4 nitrogen and oxygen atoms in total. The summed E-state index contributed by atoms with van der Waals surface area (Å²) < 4.78 is 5.29. The largest absolute Gasteiger partial charge is 0.481 e. The normalized spacial score (nSPS) is 34.6. The van der Waals surface area contributed by atoms with Gasteiger partial charge in [0.25, 0.3) is 0 Å². The number of aliphatic carboxylic acids is 1. The zero-order chi connectivity index (χ0) is 9.97. The Kier molecular flexibility index (Phi) is 3.03. The molecule has 2 aliphatic heterocycles. The highest BCUT2D eigenvalue weighted by Crippen LogP contribution is 2.31. The van der Waals surface area contributed by atoms with Gasteiger partial charge in [-0.2, -0.15) is 0 Å². The third-order valence-corrected chi connectivity index (χ3v) is 3.45. The van der Waals surface area contributed by atoms with Gasteiger partial charge in [-0.3, -0.25) is 4.79 Å². The molecule has 2 fully saturated rings. The van der Waals surface area contributed by atoms with E-state index in [0.717, 1.165) is 32.6 Å². The Balaban J connectivity index is 1.97. The lowest BCUT2D eigenvalue weighted by atomic mass is 9.80. The van der Waals surface area contributed by atoms with Crippen LogP contribution in [0, 0.1) is 17.8 Å². The maximum atomic E-state index is 11.0. The van der Waals surface area contributed by atoms with Gasteiger partial charge in [0.15, 0.2) is 0 Å². The molecule has 0 unspecified atom stereocenters. The zero-order valence-electron chi connectivity index (χ0n) is 8.24. The number of hydrogen-bond acceptors (Lipinski definition) is 3. The highest BCUT2D eigenvalue weighted by Gasteiger charge is 2.38. The van der Waals surface area contributed by atoms with E-state index >= 15 is 0 Å². The number of carboxylic acids is 1. The minimum absolute atomic E-state index is 0.182. The third-order valence-electron chi connectivity index (χ3n) is 3.45. The van der Waals surface area contributed by atoms with Crippen LogP contribution in [0.1, 0.15) is 12.8 Å². The molecular weight excluding hydrogens is 182 g/mol. The van der Waals surface area contributed by atoms with Gasteiger partial charge in [-0.1, -0.05) is 0 Å². The molecule has 2 rings (SSSR count). The molecule has 80 valence electrons. The highest BCUT2D eigenvalue weighted by atomic mass is 16.5. The van der Waals surface area contributed by atoms with Crippen molar-refractivity contribution in [2.45, 2.75) is 12.8 Å². The summed E-state index contributed by atoms with van der Waals surface area (Å²) in [6.07, 6.45) is 2.05. The summed E-state index contributed by atoms with van der Waals surface area (Å²) in [5.41, 5.74) is 0. The third kappa shape index (κ3) is 1.91. The molecule has 0 amide bonds. The number of ether oxygens (including phenoxy) is 1. The molecule has 0 aromatic heterocycles. The summed E-state index contributed by atoms with van der Waals surface area (Å²) >= 11 is 0. The van der Waals surface area contributed by atoms with E-state index in [-0.39, 0.29) is 5.92 Å². The first-order valence-electron chi connectivity index (χ1n) is 5.30. The van der Waals surface area contributed by atoms with E-state index in [1.54, 1.807) is 0 Å². The lowest BCUT2D eigenvalue weighted by Crippen LogP contribution is -2.31. The van der Waals surface area contributed by atoms with Crippen LogP contribution in [0.25, 0.3) is 0 Å². The molecule has 4 heteroatoms. The second-order valence-corrected chi connectivity index (χ2v) is 4.22. The van der Waals surface area contributed by atoms with Gasteiger partial charge < -0.3 is 15.2 Å². The Labute approximate surface area is 83.6 Å². The van der Waals surface area contributed by atoms with Gasteiger partial charge in [0.1, 0.15) is 0 Å². The van der Waals surface area contributed by atoms with E-state index in [4.69, 9.17) is 9.84 Å². The fourth-order valence-corrected chi connectivity index (χ4v) is 2.61. The first kappa shape index (κ1) is 9.93. The second kappa shape index (κ2) is 4.28. The molecule has 0 aliphatic carbocycles. The smallest absolute Gasteiger partial charge is 0.308 e. The molecule has 2 saturated heterocycles. The molecule has 2 atom stereocenters. The van der Waals surface area contributed by atoms with Gasteiger partial charge in [-0.15, -0.1) is 0 Å². The Morgan fingerprint density at radius 3 is 2.64 bits per heavy atom. The summed E-state index contributed by atoms with van der Waals surface area (Å²) in [5, 5.41) is 12.2. The van der Waals surface area contributed by atoms with Gasteiger partial charge in [0, 0.05) is 19.8 Å². The molecule has 14 heavy (non-hydrogen) atoms. The van der Waals surface area contributed by atoms with Crippen LogP contribution in [0.4, 0.5) is 0 Å². The lowest BCUT2D eigenvalue weighted by Gasteiger charge is -2.29. The molecule has 2 heterocycles. The van der Waals surface area contributed by atoms with E-state index < -0.39 is 5.97 Å². The maximum Gasteiger partial charge on any atom is 0.308 e. The van der Waals surface area contributed by atoms with Gasteiger partial charge >= 0.3 is 5.97 Å². The van der Waals surface area contributed by atoms with Gasteiger partial charge in [-0.05, 0) is 31.2 Å². The summed E-state index contributed by atoms with van der Waals surface area (Å²) in [4.78, 5) is 11.0. The maximum absolute atomic E-state index is 11.0. The van der Waals surface area contributed by atoms with Crippen LogP contribution in [-0.4, -0.2) is 37.4 Å². The van der Waals surface area contributed by atoms with Crippen LogP contribution in [0.5, 0.6) is 0 Å². The van der Waals surface area contributed by atoms with Crippen molar-refractivity contribution in [3.8, 4) is 0 Å². The molecule has 0 radical (unpaired) electrons. The number of carboxylic acid groups (broad SMARTS) is 1. The van der Waals surface area contributed by atoms with Crippen molar-refractivity contribution in [3.05, 3.63) is 0 Å². The molecule has 0 aromatic rings. The molecule has 0 bridgehead atoms. The first-order chi connectivity index (χ1) is 6.79. The van der Waals surface area contributed by atoms with Gasteiger partial charge in [-0.25, -0.2) is 0 Å². The molecule has 2 N–H and O–H groups in total. The summed E-state index contributed by atoms with van der Waals surface area (Å²) in [6, 6.07) is 0. The number of rotatable bonds is 2. The average molecular weight is 199 g/mol. The van der Waals surface area contributed by atoms with Crippen molar-refractivity contribution in [2.24, 2.45) is 17.8 Å². The number of carbonyl (C=O) groups is 1. The lowest BCUT2D eigenvalue weighted by molar-refractivity contribution is -0.143. The molecule has 0 saturated carbocycles. The molecular formula is C10H17NO3. The van der Waals surface area contributed by atoms with E-state index in [0.29, 0.717) is 18.4 Å². The summed E-state index contributed by atoms with van der Waals surface area (Å²) in [6.45, 7) is 3.10. The molecule has 2 aliphatic rings. The fraction of sp³-hybridized carbons (Fsp3) is 0.900. The molecule has 0 aromatic carbocycles. The summed E-state index contributed by atoms with van der Waals surface area (Å²) in [5.74, 6) is 0.0286. The summed E-state index contributed by atoms with van der Waals surface area (Å²) in [7, 11) is 0. The van der Waals surface area contributed by atoms with E-state index in [1.165, 1.54) is 0 Å². The minimum Gasteiger partial charge on any atom is -0.481 e. The van der Waals surface area contributed by atoms with Crippen molar-refractivity contribution >= 4 is 5.97 Å². The Morgan fingerprint density at radius 2 is 2.00 bits per heavy atom. The Hall–Kier alpha value is -0.610. The number of nitrogens with one attached hydrogen (secondary N) is 1. The van der Waals surface area contributed by atoms with E-state index in [9.17, 15) is 4.79 Å². The van der Waals surface area contributed by atoms with E-state index in [2.05, 4.69) is 5.32 Å². The first-order valence-corrected chi connectivity index (χ1v) is 5.30. The van der Waals surface area contributed by atoms with Gasteiger partial charge in [0.2, 0.25) is 0 Å². The molecule has 0 spiro atoms. The predicted octanol–water partition coefficient (Wildman–Crippen LogP) is 0.333. The fourth-order valence-electron chi connectivity index (χ4n) is 2.61. The van der Waals surface area contributed by atoms with Gasteiger partial charge in [0.05, 0.1) is 5.92 Å². The average Bonchev–Trinajstić information content (AvgIpc) is 2.67. The second-order valence-electron chi connectivity index (χ2n) is 4.22. The van der Waals surface area contributed by atoms with Crippen LogP contribution in [0.3, 0.4) is 0 Å². The Bertz CT molecular complexity index is 213. The SMILES string of the molecule is O=C(O)[C@@H]1CNC[C@H]1C1CCOCC1. The predicted molar refractivity (Wildman–Crippen MR) is 51.0 cm³/mol. The number of hydrogen-bond donors (Lipinski definition) is 2. The van der Waals surface area contributed by atoms with Crippen molar-refractivity contribution in [2.75, 3.05) is 26.3 Å². The van der Waals surface area contributed by atoms with Crippen molar-refractivity contribution in [3.63, 3.8) is 0 Å². The Morgan fingerprint density at radius 1 is 1.29 bits per heavy atom. The zero-order valence-corrected chi connectivity index (χ0v) is 8.24. The van der Waals surface area contributed by atoms with Crippen LogP contribution in [0.15, 0.2) is 0 Å². The minimum atomic E-state index is -0.647. The van der Waals surface area contributed by atoms with Crippen molar-refractivity contribution < 1.29 is 14.6 Å². The standard InChI is InChI=1S/C10H17NO3/c12-10(13)9-6-11-5-8(9)7-1-3-14-4-2-7/h7-9,11H,1-6H2,(H,12,13)/t8-,9+/m0/s1. The van der Waals surface area contributed by atoms with E-state index in [1.807, 2.05) is 0 Å². The monoisotopic (exact) mass is 199 g/mol. The van der Waals surface area contributed by atoms with Crippen LogP contribution >= 0.6 is 0 Å². The topological polar surface area (TPSA) is 58.6 Å². The van der Waals surface area contributed by atoms with Crippen LogP contribution in [-0.2, 0) is 9.53 Å². The van der Waals surface area contributed by atoms with Crippen LogP contribution < -0.4 is 5.32 Å². The quantitative estimate of drug-likeness (QED) is 0.673. The highest BCUT2D eigenvalue weighted by molar-refractivity contribution is 5.71. The van der Waals surface area contributed by atoms with Crippen molar-refractivity contribution in [1.82, 2.24) is 5.32 Å². The van der Waals surface area contributed by atoms with Crippen molar-refractivity contribution in [1.29, 1.82) is 0 Å².